The maximum atomic E-state index is 11.4. The predicted molar refractivity (Wildman–Crippen MR) is 68.3 cm³/mol. The van der Waals surface area contributed by atoms with Crippen LogP contribution < -0.4 is 10.5 Å². The van der Waals surface area contributed by atoms with Crippen molar-refractivity contribution in [2.75, 3.05) is 12.3 Å². The maximum Gasteiger partial charge on any atom is 0.344 e. The van der Waals surface area contributed by atoms with Gasteiger partial charge >= 0.3 is 5.97 Å². The molecule has 1 aromatic carbocycles. The lowest BCUT2D eigenvalue weighted by Gasteiger charge is -2.07. The molecule has 1 heterocycles. The number of nitrogen functional groups attached to an aromatic ring is 1. The van der Waals surface area contributed by atoms with E-state index in [1.807, 2.05) is 0 Å². The Morgan fingerprint density at radius 2 is 2.22 bits per heavy atom. The normalized spacial score (nSPS) is 10.0. The van der Waals surface area contributed by atoms with Gasteiger partial charge in [-0.3, -0.25) is 4.98 Å². The molecule has 0 bridgehead atoms. The summed E-state index contributed by atoms with van der Waals surface area (Å²) in [6.45, 7) is 0.0597. The van der Waals surface area contributed by atoms with Gasteiger partial charge in [-0.15, -0.1) is 11.3 Å². The number of carbonyl (C=O) groups excluding carboxylic acids is 1. The Kier molecular flexibility index (Phi) is 4.14. The molecular weight excluding hydrogens is 252 g/mol. The van der Waals surface area contributed by atoms with E-state index in [4.69, 9.17) is 15.2 Å². The van der Waals surface area contributed by atoms with Gasteiger partial charge in [-0.05, 0) is 12.1 Å². The fraction of sp³-hybridized carbons (Fsp3) is 0.167. The number of carbonyl (C=O) groups is 1. The van der Waals surface area contributed by atoms with Gasteiger partial charge in [0.2, 0.25) is 0 Å². The molecule has 0 spiro atoms. The first-order chi connectivity index (χ1) is 8.75. The molecular formula is C12H12N2O3S. The zero-order chi connectivity index (χ0) is 12.8. The average Bonchev–Trinajstić information content (AvgIpc) is 2.88. The predicted octanol–water partition coefficient (Wildman–Crippen LogP) is 1.85. The second-order valence-electron chi connectivity index (χ2n) is 3.45. The smallest absolute Gasteiger partial charge is 0.344 e. The van der Waals surface area contributed by atoms with Crippen molar-refractivity contribution in [2.45, 2.75) is 6.61 Å². The number of esters is 1. The minimum absolute atomic E-state index is 0.160. The number of ether oxygens (including phenoxy) is 2. The SMILES string of the molecule is Nc1ccccc1OCC(=O)OCc1cncs1. The van der Waals surface area contributed by atoms with Gasteiger partial charge < -0.3 is 15.2 Å². The van der Waals surface area contributed by atoms with Gasteiger partial charge in [0.05, 0.1) is 16.1 Å². The van der Waals surface area contributed by atoms with E-state index in [1.165, 1.54) is 11.3 Å². The first-order valence-corrected chi connectivity index (χ1v) is 6.14. The van der Waals surface area contributed by atoms with Gasteiger partial charge in [-0.1, -0.05) is 12.1 Å². The van der Waals surface area contributed by atoms with E-state index in [9.17, 15) is 4.79 Å². The molecule has 2 N–H and O–H groups in total. The summed E-state index contributed by atoms with van der Waals surface area (Å²) in [5.74, 6) is 0.0406. The summed E-state index contributed by atoms with van der Waals surface area (Å²) in [4.78, 5) is 16.2. The number of rotatable bonds is 5. The zero-order valence-corrected chi connectivity index (χ0v) is 10.4. The van der Waals surface area contributed by atoms with Crippen molar-refractivity contribution in [3.63, 3.8) is 0 Å². The van der Waals surface area contributed by atoms with E-state index >= 15 is 0 Å². The van der Waals surface area contributed by atoms with Gasteiger partial charge in [0.15, 0.2) is 6.61 Å². The van der Waals surface area contributed by atoms with E-state index in [2.05, 4.69) is 4.98 Å². The van der Waals surface area contributed by atoms with Crippen LogP contribution in [0.1, 0.15) is 4.88 Å². The van der Waals surface area contributed by atoms with Crippen molar-refractivity contribution in [1.82, 2.24) is 4.98 Å². The summed E-state index contributed by atoms with van der Waals surface area (Å²) in [6.07, 6.45) is 1.66. The summed E-state index contributed by atoms with van der Waals surface area (Å²) in [7, 11) is 0. The van der Waals surface area contributed by atoms with Crippen molar-refractivity contribution in [3.8, 4) is 5.75 Å². The zero-order valence-electron chi connectivity index (χ0n) is 9.54. The van der Waals surface area contributed by atoms with Crippen molar-refractivity contribution in [3.05, 3.63) is 40.8 Å². The molecule has 0 atom stereocenters. The Labute approximate surface area is 108 Å². The molecule has 0 aliphatic heterocycles. The Balaban J connectivity index is 1.77. The van der Waals surface area contributed by atoms with Gasteiger partial charge in [0.25, 0.3) is 0 Å². The lowest BCUT2D eigenvalue weighted by molar-refractivity contribution is -0.147. The van der Waals surface area contributed by atoms with Crippen molar-refractivity contribution >= 4 is 23.0 Å². The number of anilines is 1. The first kappa shape index (κ1) is 12.4. The molecule has 5 nitrogen and oxygen atoms in total. The number of nitrogens with zero attached hydrogens (tertiary/aromatic N) is 1. The monoisotopic (exact) mass is 264 g/mol. The Morgan fingerprint density at radius 3 is 2.94 bits per heavy atom. The molecule has 0 aliphatic carbocycles. The largest absolute Gasteiger partial charge is 0.480 e. The lowest BCUT2D eigenvalue weighted by atomic mass is 10.3. The summed E-state index contributed by atoms with van der Waals surface area (Å²) in [6, 6.07) is 6.99. The fourth-order valence-corrected chi connectivity index (χ4v) is 1.76. The number of benzene rings is 1. The highest BCUT2D eigenvalue weighted by molar-refractivity contribution is 7.09. The molecule has 2 aromatic rings. The third-order valence-electron chi connectivity index (χ3n) is 2.12. The number of thiazole rings is 1. The second-order valence-corrected chi connectivity index (χ2v) is 4.43. The van der Waals surface area contributed by atoms with Gasteiger partial charge in [0.1, 0.15) is 12.4 Å². The molecule has 1 aromatic heterocycles. The van der Waals surface area contributed by atoms with Crippen LogP contribution in [-0.4, -0.2) is 17.6 Å². The third kappa shape index (κ3) is 3.46. The molecule has 0 radical (unpaired) electrons. The summed E-state index contributed by atoms with van der Waals surface area (Å²) in [5, 5.41) is 0. The van der Waals surface area contributed by atoms with E-state index in [0.717, 1.165) is 4.88 Å². The van der Waals surface area contributed by atoms with E-state index in [1.54, 1.807) is 36.0 Å². The third-order valence-corrected chi connectivity index (χ3v) is 2.88. The standard InChI is InChI=1S/C12H12N2O3S/c13-10-3-1-2-4-11(10)16-7-12(15)17-6-9-5-14-8-18-9/h1-5,8H,6-7,13H2. The summed E-state index contributed by atoms with van der Waals surface area (Å²) in [5.41, 5.74) is 7.85. The van der Waals surface area contributed by atoms with Crippen LogP contribution in [0.4, 0.5) is 5.69 Å². The number of aromatic nitrogens is 1. The van der Waals surface area contributed by atoms with Crippen LogP contribution >= 0.6 is 11.3 Å². The molecule has 2 rings (SSSR count). The van der Waals surface area contributed by atoms with Crippen LogP contribution in [0.2, 0.25) is 0 Å². The molecule has 0 aliphatic rings. The highest BCUT2D eigenvalue weighted by Crippen LogP contribution is 2.19. The molecule has 18 heavy (non-hydrogen) atoms. The van der Waals surface area contributed by atoms with Gasteiger partial charge in [-0.2, -0.15) is 0 Å². The highest BCUT2D eigenvalue weighted by atomic mass is 32.1. The highest BCUT2D eigenvalue weighted by Gasteiger charge is 2.06. The second kappa shape index (κ2) is 6.02. The van der Waals surface area contributed by atoms with Crippen LogP contribution in [0.15, 0.2) is 36.0 Å². The van der Waals surface area contributed by atoms with Gasteiger partial charge in [0, 0.05) is 6.20 Å². The number of hydrogen-bond acceptors (Lipinski definition) is 6. The summed E-state index contributed by atoms with van der Waals surface area (Å²) >= 11 is 1.43. The molecule has 0 saturated carbocycles. The number of para-hydroxylation sites is 2. The van der Waals surface area contributed by atoms with E-state index < -0.39 is 5.97 Å². The molecule has 94 valence electrons. The van der Waals surface area contributed by atoms with Crippen LogP contribution in [0.25, 0.3) is 0 Å². The maximum absolute atomic E-state index is 11.4. The van der Waals surface area contributed by atoms with E-state index in [0.29, 0.717) is 11.4 Å². The average molecular weight is 264 g/mol. The van der Waals surface area contributed by atoms with Crippen LogP contribution in [0.5, 0.6) is 5.75 Å². The quantitative estimate of drug-likeness (QED) is 0.659. The van der Waals surface area contributed by atoms with Crippen LogP contribution in [-0.2, 0) is 16.1 Å². The fourth-order valence-electron chi connectivity index (χ4n) is 1.26. The molecule has 0 unspecified atom stereocenters. The van der Waals surface area contributed by atoms with E-state index in [-0.39, 0.29) is 13.2 Å². The molecule has 0 fully saturated rings. The van der Waals surface area contributed by atoms with Gasteiger partial charge in [-0.25, -0.2) is 4.79 Å². The molecule has 6 heteroatoms. The molecule has 0 amide bonds. The number of hydrogen-bond donors (Lipinski definition) is 1. The van der Waals surface area contributed by atoms with Crippen molar-refractivity contribution in [1.29, 1.82) is 0 Å². The van der Waals surface area contributed by atoms with Crippen molar-refractivity contribution < 1.29 is 14.3 Å². The summed E-state index contributed by atoms with van der Waals surface area (Å²) < 4.78 is 10.3. The van der Waals surface area contributed by atoms with Crippen molar-refractivity contribution in [2.24, 2.45) is 0 Å². The number of nitrogens with two attached hydrogens (primary N) is 1. The Morgan fingerprint density at radius 1 is 1.39 bits per heavy atom. The Bertz CT molecular complexity index is 514. The molecule has 0 saturated heterocycles. The topological polar surface area (TPSA) is 74.4 Å². The minimum Gasteiger partial charge on any atom is -0.480 e. The Hall–Kier alpha value is -2.08. The lowest BCUT2D eigenvalue weighted by Crippen LogP contribution is -2.15. The van der Waals surface area contributed by atoms with Crippen LogP contribution in [0, 0.1) is 0 Å². The minimum atomic E-state index is -0.438. The van der Waals surface area contributed by atoms with Crippen LogP contribution in [0.3, 0.4) is 0 Å². The first-order valence-electron chi connectivity index (χ1n) is 5.26.